The van der Waals surface area contributed by atoms with E-state index in [1.54, 1.807) is 7.11 Å². The summed E-state index contributed by atoms with van der Waals surface area (Å²) in [4.78, 5) is 8.76. The molecule has 1 rings (SSSR count). The fourth-order valence-corrected chi connectivity index (χ4v) is 1.64. The standard InChI is InChI=1S/C15H27N3O2/c1-5-6-9-20-15-10-13(16-8-7-12(2)3)17-14(18-15)11-19-4/h10,12H,5-9,11H2,1-4H3,(H,16,17,18). The lowest BCUT2D eigenvalue weighted by molar-refractivity contribution is 0.176. The summed E-state index contributed by atoms with van der Waals surface area (Å²) in [6.45, 7) is 8.53. The van der Waals surface area contributed by atoms with Gasteiger partial charge in [-0.3, -0.25) is 0 Å². The van der Waals surface area contributed by atoms with Crippen LogP contribution in [0.25, 0.3) is 0 Å². The highest BCUT2D eigenvalue weighted by Crippen LogP contribution is 2.15. The molecule has 0 amide bonds. The van der Waals surface area contributed by atoms with E-state index in [2.05, 4.69) is 36.1 Å². The first-order valence-corrected chi connectivity index (χ1v) is 7.39. The first-order valence-electron chi connectivity index (χ1n) is 7.39. The highest BCUT2D eigenvalue weighted by molar-refractivity contribution is 5.38. The second-order valence-corrected chi connectivity index (χ2v) is 5.25. The smallest absolute Gasteiger partial charge is 0.218 e. The van der Waals surface area contributed by atoms with Gasteiger partial charge in [0.2, 0.25) is 5.88 Å². The fourth-order valence-electron chi connectivity index (χ4n) is 1.64. The van der Waals surface area contributed by atoms with E-state index < -0.39 is 0 Å². The van der Waals surface area contributed by atoms with E-state index in [0.29, 0.717) is 30.8 Å². The normalized spacial score (nSPS) is 10.8. The van der Waals surface area contributed by atoms with Crippen molar-refractivity contribution < 1.29 is 9.47 Å². The molecule has 1 aromatic heterocycles. The van der Waals surface area contributed by atoms with Gasteiger partial charge in [-0.1, -0.05) is 27.2 Å². The Morgan fingerprint density at radius 2 is 2.10 bits per heavy atom. The quantitative estimate of drug-likeness (QED) is 0.667. The number of unbranched alkanes of at least 4 members (excludes halogenated alkanes) is 1. The van der Waals surface area contributed by atoms with E-state index in [1.807, 2.05) is 6.07 Å². The summed E-state index contributed by atoms with van der Waals surface area (Å²) in [5.74, 6) is 2.74. The molecule has 0 spiro atoms. The van der Waals surface area contributed by atoms with Crippen molar-refractivity contribution >= 4 is 5.82 Å². The summed E-state index contributed by atoms with van der Waals surface area (Å²) in [6, 6.07) is 1.86. The number of anilines is 1. The van der Waals surface area contributed by atoms with Crippen molar-refractivity contribution in [3.63, 3.8) is 0 Å². The summed E-state index contributed by atoms with van der Waals surface area (Å²) in [7, 11) is 1.64. The molecule has 0 fully saturated rings. The third kappa shape index (κ3) is 6.70. The molecule has 114 valence electrons. The first kappa shape index (κ1) is 16.7. The van der Waals surface area contributed by atoms with Crippen LogP contribution >= 0.6 is 0 Å². The Morgan fingerprint density at radius 1 is 1.30 bits per heavy atom. The van der Waals surface area contributed by atoms with Gasteiger partial charge in [0.25, 0.3) is 0 Å². The molecule has 20 heavy (non-hydrogen) atoms. The van der Waals surface area contributed by atoms with Crippen molar-refractivity contribution in [3.05, 3.63) is 11.9 Å². The fraction of sp³-hybridized carbons (Fsp3) is 0.733. The van der Waals surface area contributed by atoms with Crippen LogP contribution < -0.4 is 10.1 Å². The van der Waals surface area contributed by atoms with Gasteiger partial charge in [0.05, 0.1) is 6.61 Å². The highest BCUT2D eigenvalue weighted by Gasteiger charge is 2.06. The zero-order valence-corrected chi connectivity index (χ0v) is 13.1. The van der Waals surface area contributed by atoms with E-state index in [-0.39, 0.29) is 0 Å². The average Bonchev–Trinajstić information content (AvgIpc) is 2.39. The lowest BCUT2D eigenvalue weighted by Gasteiger charge is -2.11. The third-order valence-corrected chi connectivity index (χ3v) is 2.80. The van der Waals surface area contributed by atoms with E-state index in [0.717, 1.165) is 31.6 Å². The minimum absolute atomic E-state index is 0.393. The Kier molecular flexibility index (Phi) is 7.95. The molecule has 0 saturated heterocycles. The van der Waals surface area contributed by atoms with Gasteiger partial charge in [0, 0.05) is 19.7 Å². The third-order valence-electron chi connectivity index (χ3n) is 2.80. The van der Waals surface area contributed by atoms with Crippen LogP contribution in [0.15, 0.2) is 6.07 Å². The molecule has 0 aliphatic carbocycles. The summed E-state index contributed by atoms with van der Waals surface area (Å²) < 4.78 is 10.8. The number of hydrogen-bond acceptors (Lipinski definition) is 5. The summed E-state index contributed by atoms with van der Waals surface area (Å²) >= 11 is 0. The predicted octanol–water partition coefficient (Wildman–Crippen LogP) is 3.26. The second kappa shape index (κ2) is 9.53. The average molecular weight is 281 g/mol. The van der Waals surface area contributed by atoms with E-state index in [4.69, 9.17) is 9.47 Å². The first-order chi connectivity index (χ1) is 9.65. The molecule has 1 heterocycles. The number of aromatic nitrogens is 2. The van der Waals surface area contributed by atoms with Crippen LogP contribution in [-0.2, 0) is 11.3 Å². The van der Waals surface area contributed by atoms with Crippen molar-refractivity contribution in [1.82, 2.24) is 9.97 Å². The maximum absolute atomic E-state index is 5.65. The van der Waals surface area contributed by atoms with Gasteiger partial charge in [-0.2, -0.15) is 4.98 Å². The Morgan fingerprint density at radius 3 is 2.75 bits per heavy atom. The molecule has 1 aromatic rings. The van der Waals surface area contributed by atoms with Crippen molar-refractivity contribution in [2.45, 2.75) is 46.6 Å². The molecule has 0 atom stereocenters. The van der Waals surface area contributed by atoms with Gasteiger partial charge < -0.3 is 14.8 Å². The van der Waals surface area contributed by atoms with Crippen LogP contribution in [0.2, 0.25) is 0 Å². The second-order valence-electron chi connectivity index (χ2n) is 5.25. The largest absolute Gasteiger partial charge is 0.478 e. The summed E-state index contributed by atoms with van der Waals surface area (Å²) in [5.41, 5.74) is 0. The van der Waals surface area contributed by atoms with Gasteiger partial charge in [-0.25, -0.2) is 4.98 Å². The molecule has 0 bridgehead atoms. The molecule has 5 heteroatoms. The molecular formula is C15H27N3O2. The Hall–Kier alpha value is -1.36. The number of nitrogens with zero attached hydrogens (tertiary/aromatic N) is 2. The topological polar surface area (TPSA) is 56.3 Å². The zero-order chi connectivity index (χ0) is 14.8. The molecule has 0 aliphatic heterocycles. The number of hydrogen-bond donors (Lipinski definition) is 1. The van der Waals surface area contributed by atoms with Crippen LogP contribution in [0.1, 0.15) is 45.9 Å². The van der Waals surface area contributed by atoms with Gasteiger partial charge in [0.15, 0.2) is 5.82 Å². The molecule has 0 aliphatic rings. The van der Waals surface area contributed by atoms with Crippen LogP contribution in [0, 0.1) is 5.92 Å². The summed E-state index contributed by atoms with van der Waals surface area (Å²) in [5, 5.41) is 3.32. The van der Waals surface area contributed by atoms with Crippen molar-refractivity contribution in [2.75, 3.05) is 25.6 Å². The van der Waals surface area contributed by atoms with Crippen molar-refractivity contribution in [1.29, 1.82) is 0 Å². The monoisotopic (exact) mass is 281 g/mol. The molecule has 0 aromatic carbocycles. The van der Waals surface area contributed by atoms with E-state index in [1.165, 1.54) is 0 Å². The predicted molar refractivity (Wildman–Crippen MR) is 81.1 cm³/mol. The van der Waals surface area contributed by atoms with Crippen LogP contribution in [0.5, 0.6) is 5.88 Å². The van der Waals surface area contributed by atoms with Crippen LogP contribution in [0.3, 0.4) is 0 Å². The van der Waals surface area contributed by atoms with E-state index in [9.17, 15) is 0 Å². The molecule has 1 N–H and O–H groups in total. The zero-order valence-electron chi connectivity index (χ0n) is 13.1. The Bertz CT molecular complexity index is 383. The molecular weight excluding hydrogens is 254 g/mol. The number of ether oxygens (including phenoxy) is 2. The minimum Gasteiger partial charge on any atom is -0.478 e. The number of rotatable bonds is 10. The maximum atomic E-state index is 5.65. The van der Waals surface area contributed by atoms with Gasteiger partial charge in [-0.05, 0) is 18.8 Å². The number of methoxy groups -OCH3 is 1. The molecule has 5 nitrogen and oxygen atoms in total. The SMILES string of the molecule is CCCCOc1cc(NCCC(C)C)nc(COC)n1. The van der Waals surface area contributed by atoms with Crippen LogP contribution in [-0.4, -0.2) is 30.2 Å². The van der Waals surface area contributed by atoms with Gasteiger partial charge >= 0.3 is 0 Å². The highest BCUT2D eigenvalue weighted by atomic mass is 16.5. The summed E-state index contributed by atoms with van der Waals surface area (Å²) in [6.07, 6.45) is 3.24. The Labute approximate surface area is 122 Å². The van der Waals surface area contributed by atoms with Crippen molar-refractivity contribution in [3.8, 4) is 5.88 Å². The maximum Gasteiger partial charge on any atom is 0.218 e. The molecule has 0 radical (unpaired) electrons. The molecule has 0 unspecified atom stereocenters. The van der Waals surface area contributed by atoms with Crippen molar-refractivity contribution in [2.24, 2.45) is 5.92 Å². The van der Waals surface area contributed by atoms with Gasteiger partial charge in [0.1, 0.15) is 12.4 Å². The Balaban J connectivity index is 2.65. The van der Waals surface area contributed by atoms with Crippen LogP contribution in [0.4, 0.5) is 5.82 Å². The lowest BCUT2D eigenvalue weighted by atomic mass is 10.1. The minimum atomic E-state index is 0.393. The molecule has 0 saturated carbocycles. The van der Waals surface area contributed by atoms with Gasteiger partial charge in [-0.15, -0.1) is 0 Å². The lowest BCUT2D eigenvalue weighted by Crippen LogP contribution is -2.10. The number of nitrogens with one attached hydrogen (secondary N) is 1. The van der Waals surface area contributed by atoms with E-state index >= 15 is 0 Å².